The average Bonchev–Trinajstić information content (AvgIpc) is 3.06. The molecular formula is C14H21N3O2S. The van der Waals surface area contributed by atoms with E-state index in [1.807, 2.05) is 0 Å². The Morgan fingerprint density at radius 3 is 2.75 bits per heavy atom. The molecule has 2 fully saturated rings. The van der Waals surface area contributed by atoms with Gasteiger partial charge < -0.3 is 9.67 Å². The van der Waals surface area contributed by atoms with Crippen LogP contribution >= 0.6 is 11.8 Å². The third-order valence-corrected chi connectivity index (χ3v) is 5.42. The van der Waals surface area contributed by atoms with Crippen LogP contribution in [0.3, 0.4) is 0 Å². The minimum absolute atomic E-state index is 0.0586. The van der Waals surface area contributed by atoms with Gasteiger partial charge in [-0.2, -0.15) is 0 Å². The van der Waals surface area contributed by atoms with Gasteiger partial charge in [-0.1, -0.05) is 31.5 Å². The van der Waals surface area contributed by atoms with Crippen LogP contribution in [0.15, 0.2) is 5.16 Å². The second-order valence-electron chi connectivity index (χ2n) is 6.08. The van der Waals surface area contributed by atoms with Crippen molar-refractivity contribution in [3.8, 4) is 0 Å². The first-order valence-corrected chi connectivity index (χ1v) is 8.41. The van der Waals surface area contributed by atoms with Gasteiger partial charge in [-0.3, -0.25) is 4.79 Å². The van der Waals surface area contributed by atoms with Crippen LogP contribution in [0.5, 0.6) is 0 Å². The van der Waals surface area contributed by atoms with Crippen LogP contribution in [-0.4, -0.2) is 31.6 Å². The summed E-state index contributed by atoms with van der Waals surface area (Å²) in [7, 11) is 0. The Morgan fingerprint density at radius 2 is 2.15 bits per heavy atom. The molecule has 2 saturated carbocycles. The van der Waals surface area contributed by atoms with Gasteiger partial charge >= 0.3 is 5.97 Å². The number of carboxylic acids is 1. The van der Waals surface area contributed by atoms with E-state index in [1.54, 1.807) is 0 Å². The van der Waals surface area contributed by atoms with E-state index in [9.17, 15) is 4.79 Å². The summed E-state index contributed by atoms with van der Waals surface area (Å²) in [5.41, 5.74) is 0. The van der Waals surface area contributed by atoms with Crippen LogP contribution in [-0.2, 0) is 11.3 Å². The maximum atomic E-state index is 10.8. The van der Waals surface area contributed by atoms with Crippen molar-refractivity contribution in [2.75, 3.05) is 5.75 Å². The molecule has 0 radical (unpaired) electrons. The number of aromatic nitrogens is 3. The summed E-state index contributed by atoms with van der Waals surface area (Å²) in [5.74, 6) is 2.33. The van der Waals surface area contributed by atoms with Crippen molar-refractivity contribution in [1.82, 2.24) is 14.8 Å². The molecular weight excluding hydrogens is 274 g/mol. The Bertz CT molecular complexity index is 499. The number of hydrogen-bond donors (Lipinski definition) is 1. The van der Waals surface area contributed by atoms with Crippen molar-refractivity contribution < 1.29 is 9.90 Å². The first-order valence-electron chi connectivity index (χ1n) is 7.43. The van der Waals surface area contributed by atoms with Gasteiger partial charge in [0.15, 0.2) is 5.16 Å². The molecule has 0 spiro atoms. The van der Waals surface area contributed by atoms with Gasteiger partial charge in [0.05, 0.1) is 5.75 Å². The number of thioether (sulfide) groups is 1. The average molecular weight is 295 g/mol. The molecule has 6 heteroatoms. The Labute approximate surface area is 123 Å². The van der Waals surface area contributed by atoms with Gasteiger partial charge in [0.25, 0.3) is 0 Å². The molecule has 0 saturated heterocycles. The van der Waals surface area contributed by atoms with Crippen molar-refractivity contribution in [2.45, 2.75) is 56.6 Å². The summed E-state index contributed by atoms with van der Waals surface area (Å²) in [5, 5.41) is 18.2. The lowest BCUT2D eigenvalue weighted by Crippen LogP contribution is -2.16. The van der Waals surface area contributed by atoms with Gasteiger partial charge in [-0.05, 0) is 31.1 Å². The minimum atomic E-state index is -0.799. The highest BCUT2D eigenvalue weighted by atomic mass is 32.2. The fourth-order valence-electron chi connectivity index (χ4n) is 3.08. The Morgan fingerprint density at radius 1 is 1.35 bits per heavy atom. The van der Waals surface area contributed by atoms with Gasteiger partial charge in [0.1, 0.15) is 5.82 Å². The zero-order valence-electron chi connectivity index (χ0n) is 11.8. The summed E-state index contributed by atoms with van der Waals surface area (Å²) in [6.07, 6.45) is 6.28. The number of nitrogens with zero attached hydrogens (tertiary/aromatic N) is 3. The summed E-state index contributed by atoms with van der Waals surface area (Å²) in [4.78, 5) is 10.8. The lowest BCUT2D eigenvalue weighted by Gasteiger charge is -2.18. The van der Waals surface area contributed by atoms with Crippen molar-refractivity contribution in [2.24, 2.45) is 11.8 Å². The van der Waals surface area contributed by atoms with E-state index in [4.69, 9.17) is 5.11 Å². The number of hydrogen-bond acceptors (Lipinski definition) is 4. The smallest absolute Gasteiger partial charge is 0.313 e. The molecule has 1 aromatic rings. The maximum absolute atomic E-state index is 10.8. The van der Waals surface area contributed by atoms with Crippen molar-refractivity contribution in [3.05, 3.63) is 5.82 Å². The molecule has 0 aromatic carbocycles. The van der Waals surface area contributed by atoms with E-state index in [1.165, 1.54) is 43.9 Å². The summed E-state index contributed by atoms with van der Waals surface area (Å²) in [6.45, 7) is 3.28. The highest BCUT2D eigenvalue weighted by molar-refractivity contribution is 7.99. The first-order chi connectivity index (χ1) is 9.65. The zero-order valence-corrected chi connectivity index (χ0v) is 12.6. The molecule has 2 aliphatic rings. The highest BCUT2D eigenvalue weighted by Crippen LogP contribution is 2.41. The van der Waals surface area contributed by atoms with Gasteiger partial charge in [0, 0.05) is 12.5 Å². The molecule has 0 bridgehead atoms. The molecule has 20 heavy (non-hydrogen) atoms. The largest absolute Gasteiger partial charge is 0.481 e. The predicted octanol–water partition coefficient (Wildman–Crippen LogP) is 2.77. The molecule has 2 unspecified atom stereocenters. The molecule has 0 aliphatic heterocycles. The molecule has 1 heterocycles. The van der Waals surface area contributed by atoms with E-state index in [-0.39, 0.29) is 5.75 Å². The van der Waals surface area contributed by atoms with Crippen LogP contribution in [0.1, 0.15) is 50.8 Å². The molecule has 0 amide bonds. The van der Waals surface area contributed by atoms with Gasteiger partial charge in [0.2, 0.25) is 0 Å². The first kappa shape index (κ1) is 13.9. The Kier molecular flexibility index (Phi) is 4.01. The van der Waals surface area contributed by atoms with Crippen LogP contribution in [0, 0.1) is 11.8 Å². The molecule has 1 aromatic heterocycles. The fourth-order valence-corrected chi connectivity index (χ4v) is 3.75. The SMILES string of the molecule is CC1CCCC1Cn1c(SCC(=O)O)nnc1C1CC1. The van der Waals surface area contributed by atoms with Crippen LogP contribution in [0.25, 0.3) is 0 Å². The quantitative estimate of drug-likeness (QED) is 0.817. The highest BCUT2D eigenvalue weighted by Gasteiger charge is 2.32. The van der Waals surface area contributed by atoms with Crippen molar-refractivity contribution in [3.63, 3.8) is 0 Å². The third kappa shape index (κ3) is 3.00. The van der Waals surface area contributed by atoms with E-state index >= 15 is 0 Å². The van der Waals surface area contributed by atoms with Crippen LogP contribution in [0.2, 0.25) is 0 Å². The van der Waals surface area contributed by atoms with Crippen LogP contribution < -0.4 is 0 Å². The molecule has 2 aliphatic carbocycles. The molecule has 2 atom stereocenters. The second kappa shape index (κ2) is 5.76. The number of aliphatic carboxylic acids is 1. The molecule has 110 valence electrons. The predicted molar refractivity (Wildman–Crippen MR) is 76.9 cm³/mol. The van der Waals surface area contributed by atoms with E-state index in [2.05, 4.69) is 21.7 Å². The minimum Gasteiger partial charge on any atom is -0.481 e. The van der Waals surface area contributed by atoms with Crippen LogP contribution in [0.4, 0.5) is 0 Å². The molecule has 1 N–H and O–H groups in total. The molecule has 3 rings (SSSR count). The number of carbonyl (C=O) groups is 1. The lowest BCUT2D eigenvalue weighted by atomic mass is 9.98. The normalized spacial score (nSPS) is 26.1. The third-order valence-electron chi connectivity index (χ3n) is 4.47. The topological polar surface area (TPSA) is 68.0 Å². The van der Waals surface area contributed by atoms with Gasteiger partial charge in [-0.25, -0.2) is 0 Å². The van der Waals surface area contributed by atoms with Crippen molar-refractivity contribution in [1.29, 1.82) is 0 Å². The monoisotopic (exact) mass is 295 g/mol. The summed E-state index contributed by atoms with van der Waals surface area (Å²) < 4.78 is 2.21. The zero-order chi connectivity index (χ0) is 14.1. The lowest BCUT2D eigenvalue weighted by molar-refractivity contribution is -0.133. The molecule has 5 nitrogen and oxygen atoms in total. The summed E-state index contributed by atoms with van der Waals surface area (Å²) >= 11 is 1.30. The number of rotatable bonds is 6. The second-order valence-corrected chi connectivity index (χ2v) is 7.02. The van der Waals surface area contributed by atoms with E-state index in [0.717, 1.165) is 23.4 Å². The Hall–Kier alpha value is -1.04. The van der Waals surface area contributed by atoms with E-state index in [0.29, 0.717) is 11.8 Å². The standard InChI is InChI=1S/C14H21N3O2S/c1-9-3-2-4-11(9)7-17-13(10-5-6-10)15-16-14(17)20-8-12(18)19/h9-11H,2-8H2,1H3,(H,18,19). The Balaban J connectivity index is 1.77. The maximum Gasteiger partial charge on any atom is 0.313 e. The van der Waals surface area contributed by atoms with Crippen molar-refractivity contribution >= 4 is 17.7 Å². The number of carboxylic acid groups (broad SMARTS) is 1. The fraction of sp³-hybridized carbons (Fsp3) is 0.786. The van der Waals surface area contributed by atoms with Gasteiger partial charge in [-0.15, -0.1) is 10.2 Å². The summed E-state index contributed by atoms with van der Waals surface area (Å²) in [6, 6.07) is 0. The van der Waals surface area contributed by atoms with E-state index < -0.39 is 5.97 Å².